The smallest absolute Gasteiger partial charge is 0.287 e. The molecule has 1 unspecified atom stereocenters. The maximum atomic E-state index is 12.7. The highest BCUT2D eigenvalue weighted by Crippen LogP contribution is 2.20. The van der Waals surface area contributed by atoms with Gasteiger partial charge < -0.3 is 4.74 Å². The van der Waals surface area contributed by atoms with Crippen LogP contribution in [0.4, 0.5) is 0 Å². The van der Waals surface area contributed by atoms with Crippen LogP contribution in [0.5, 0.6) is 5.75 Å². The number of nitrogens with zero attached hydrogens (tertiary/aromatic N) is 2. The van der Waals surface area contributed by atoms with Crippen molar-refractivity contribution in [3.05, 3.63) is 46.3 Å². The fraction of sp³-hybridized carbons (Fsp3) is 0.500. The fourth-order valence-electron chi connectivity index (χ4n) is 2.82. The zero-order valence-corrected chi connectivity index (χ0v) is 15.6. The SMILES string of the molecule is CCCCc1c(C)nn(C(=O)C(C)Oc2ccc(C)c(C)c2)c1C. The minimum absolute atomic E-state index is 0.128. The zero-order chi connectivity index (χ0) is 17.9. The van der Waals surface area contributed by atoms with Crippen LogP contribution in [0.1, 0.15) is 59.6 Å². The monoisotopic (exact) mass is 328 g/mol. The number of carbonyl (C=O) groups is 1. The van der Waals surface area contributed by atoms with Gasteiger partial charge in [0.1, 0.15) is 5.75 Å². The summed E-state index contributed by atoms with van der Waals surface area (Å²) in [6, 6.07) is 5.88. The summed E-state index contributed by atoms with van der Waals surface area (Å²) in [5.41, 5.74) is 5.42. The van der Waals surface area contributed by atoms with E-state index in [0.29, 0.717) is 5.75 Å². The van der Waals surface area contributed by atoms with E-state index >= 15 is 0 Å². The Labute approximate surface area is 144 Å². The second kappa shape index (κ2) is 7.65. The van der Waals surface area contributed by atoms with E-state index < -0.39 is 6.10 Å². The summed E-state index contributed by atoms with van der Waals surface area (Å²) in [6.07, 6.45) is 2.62. The molecule has 4 heteroatoms. The van der Waals surface area contributed by atoms with E-state index in [2.05, 4.69) is 18.9 Å². The summed E-state index contributed by atoms with van der Waals surface area (Å²) in [5.74, 6) is 0.586. The molecule has 0 aliphatic heterocycles. The lowest BCUT2D eigenvalue weighted by Crippen LogP contribution is -2.31. The molecule has 0 aliphatic rings. The summed E-state index contributed by atoms with van der Waals surface area (Å²) in [4.78, 5) is 12.7. The fourth-order valence-corrected chi connectivity index (χ4v) is 2.82. The Kier molecular flexibility index (Phi) is 5.81. The van der Waals surface area contributed by atoms with Gasteiger partial charge in [0.2, 0.25) is 0 Å². The van der Waals surface area contributed by atoms with Gasteiger partial charge in [0.05, 0.1) is 5.69 Å². The molecule has 1 heterocycles. The lowest BCUT2D eigenvalue weighted by atomic mass is 10.1. The van der Waals surface area contributed by atoms with Crippen molar-refractivity contribution < 1.29 is 9.53 Å². The van der Waals surface area contributed by atoms with Crippen molar-refractivity contribution >= 4 is 5.91 Å². The van der Waals surface area contributed by atoms with Crippen LogP contribution in [-0.2, 0) is 6.42 Å². The molecule has 0 aliphatic carbocycles. The van der Waals surface area contributed by atoms with E-state index in [9.17, 15) is 4.79 Å². The number of ether oxygens (including phenoxy) is 1. The molecule has 0 spiro atoms. The Bertz CT molecular complexity index is 731. The molecule has 0 N–H and O–H groups in total. The topological polar surface area (TPSA) is 44.1 Å². The second-order valence-electron chi connectivity index (χ2n) is 6.51. The maximum Gasteiger partial charge on any atom is 0.287 e. The molecule has 2 aromatic rings. The first-order chi connectivity index (χ1) is 11.3. The highest BCUT2D eigenvalue weighted by molar-refractivity contribution is 5.83. The number of benzene rings is 1. The Balaban J connectivity index is 2.17. The predicted molar refractivity (Wildman–Crippen MR) is 96.9 cm³/mol. The van der Waals surface area contributed by atoms with Crippen LogP contribution >= 0.6 is 0 Å². The van der Waals surface area contributed by atoms with Crippen LogP contribution < -0.4 is 4.74 Å². The Hall–Kier alpha value is -2.10. The van der Waals surface area contributed by atoms with Crippen molar-refractivity contribution in [2.24, 2.45) is 0 Å². The van der Waals surface area contributed by atoms with Gasteiger partial charge in [0.15, 0.2) is 6.10 Å². The number of hydrogen-bond acceptors (Lipinski definition) is 3. The van der Waals surface area contributed by atoms with E-state index in [0.717, 1.165) is 36.2 Å². The van der Waals surface area contributed by atoms with E-state index in [1.54, 1.807) is 6.92 Å². The van der Waals surface area contributed by atoms with Gasteiger partial charge in [0.25, 0.3) is 5.91 Å². The molecular weight excluding hydrogens is 300 g/mol. The first kappa shape index (κ1) is 18.2. The molecule has 24 heavy (non-hydrogen) atoms. The minimum atomic E-state index is -0.580. The van der Waals surface area contributed by atoms with Crippen molar-refractivity contribution in [2.75, 3.05) is 0 Å². The number of unbranched alkanes of at least 4 members (excludes halogenated alkanes) is 1. The van der Waals surface area contributed by atoms with Gasteiger partial charge in [-0.3, -0.25) is 4.79 Å². The average Bonchev–Trinajstić information content (AvgIpc) is 2.82. The third-order valence-corrected chi connectivity index (χ3v) is 4.57. The molecule has 0 fully saturated rings. The van der Waals surface area contributed by atoms with E-state index in [-0.39, 0.29) is 5.91 Å². The van der Waals surface area contributed by atoms with Crippen LogP contribution in [0.2, 0.25) is 0 Å². The average molecular weight is 328 g/mol. The molecule has 0 saturated heterocycles. The first-order valence-electron chi connectivity index (χ1n) is 8.68. The molecule has 130 valence electrons. The number of rotatable bonds is 6. The summed E-state index contributed by atoms with van der Waals surface area (Å²) < 4.78 is 7.35. The van der Waals surface area contributed by atoms with Crippen molar-refractivity contribution in [3.8, 4) is 5.75 Å². The first-order valence-corrected chi connectivity index (χ1v) is 8.68. The van der Waals surface area contributed by atoms with Crippen LogP contribution in [-0.4, -0.2) is 21.8 Å². The number of aryl methyl sites for hydroxylation is 3. The third kappa shape index (κ3) is 3.86. The summed E-state index contributed by atoms with van der Waals surface area (Å²) >= 11 is 0. The summed E-state index contributed by atoms with van der Waals surface area (Å²) in [7, 11) is 0. The van der Waals surface area contributed by atoms with Crippen molar-refractivity contribution in [1.82, 2.24) is 9.78 Å². The lowest BCUT2D eigenvalue weighted by Gasteiger charge is -2.15. The van der Waals surface area contributed by atoms with Crippen molar-refractivity contribution in [2.45, 2.75) is 66.9 Å². The van der Waals surface area contributed by atoms with Gasteiger partial charge in [-0.05, 0) is 76.3 Å². The molecule has 2 rings (SSSR count). The van der Waals surface area contributed by atoms with Gasteiger partial charge in [0, 0.05) is 5.69 Å². The molecule has 0 amide bonds. The standard InChI is InChI=1S/C20H28N2O2/c1-7-8-9-19-15(4)21-22(16(19)5)20(23)17(6)24-18-11-10-13(2)14(3)12-18/h10-12,17H,7-9H2,1-6H3. The van der Waals surface area contributed by atoms with Gasteiger partial charge >= 0.3 is 0 Å². The maximum absolute atomic E-state index is 12.7. The molecule has 1 aromatic heterocycles. The summed E-state index contributed by atoms with van der Waals surface area (Å²) in [6.45, 7) is 12.0. The molecular formula is C20H28N2O2. The molecule has 1 aromatic carbocycles. The zero-order valence-electron chi connectivity index (χ0n) is 15.6. The second-order valence-corrected chi connectivity index (χ2v) is 6.51. The molecule has 4 nitrogen and oxygen atoms in total. The Morgan fingerprint density at radius 3 is 2.54 bits per heavy atom. The lowest BCUT2D eigenvalue weighted by molar-refractivity contribution is 0.0707. The van der Waals surface area contributed by atoms with Crippen LogP contribution in [0, 0.1) is 27.7 Å². The van der Waals surface area contributed by atoms with Crippen LogP contribution in [0.15, 0.2) is 18.2 Å². The minimum Gasteiger partial charge on any atom is -0.481 e. The molecule has 0 radical (unpaired) electrons. The van der Waals surface area contributed by atoms with Crippen LogP contribution in [0.3, 0.4) is 0 Å². The molecule has 1 atom stereocenters. The van der Waals surface area contributed by atoms with Crippen molar-refractivity contribution in [3.63, 3.8) is 0 Å². The van der Waals surface area contributed by atoms with E-state index in [4.69, 9.17) is 4.74 Å². The number of aromatic nitrogens is 2. The van der Waals surface area contributed by atoms with Crippen LogP contribution in [0.25, 0.3) is 0 Å². The normalized spacial score (nSPS) is 12.2. The van der Waals surface area contributed by atoms with Gasteiger partial charge in [-0.1, -0.05) is 19.4 Å². The van der Waals surface area contributed by atoms with Gasteiger partial charge in [-0.2, -0.15) is 5.10 Å². The Morgan fingerprint density at radius 2 is 1.92 bits per heavy atom. The number of carbonyl (C=O) groups excluding carboxylic acids is 1. The van der Waals surface area contributed by atoms with E-state index in [1.165, 1.54) is 15.8 Å². The Morgan fingerprint density at radius 1 is 1.21 bits per heavy atom. The molecule has 0 bridgehead atoms. The largest absolute Gasteiger partial charge is 0.481 e. The van der Waals surface area contributed by atoms with Gasteiger partial charge in [-0.15, -0.1) is 0 Å². The van der Waals surface area contributed by atoms with Gasteiger partial charge in [-0.25, -0.2) is 4.68 Å². The number of hydrogen-bond donors (Lipinski definition) is 0. The quantitative estimate of drug-likeness (QED) is 0.780. The summed E-state index contributed by atoms with van der Waals surface area (Å²) in [5, 5.41) is 4.44. The highest BCUT2D eigenvalue weighted by atomic mass is 16.5. The third-order valence-electron chi connectivity index (χ3n) is 4.57. The van der Waals surface area contributed by atoms with E-state index in [1.807, 2.05) is 39.0 Å². The highest BCUT2D eigenvalue weighted by Gasteiger charge is 2.22. The molecule has 0 saturated carbocycles. The van der Waals surface area contributed by atoms with Crippen molar-refractivity contribution in [1.29, 1.82) is 0 Å². The predicted octanol–water partition coefficient (Wildman–Crippen LogP) is 4.57.